The molecule has 0 spiro atoms. The molecule has 1 aromatic heterocycles. The van der Waals surface area contributed by atoms with E-state index in [2.05, 4.69) is 0 Å². The van der Waals surface area contributed by atoms with Crippen LogP contribution in [-0.4, -0.2) is 9.49 Å². The molecule has 0 atom stereocenters. The van der Waals surface area contributed by atoms with E-state index in [0.717, 1.165) is 16.3 Å². The third-order valence-corrected chi connectivity index (χ3v) is 3.83. The van der Waals surface area contributed by atoms with Gasteiger partial charge in [0.1, 0.15) is 5.52 Å². The Morgan fingerprint density at radius 2 is 1.85 bits per heavy atom. The standard InChI is InChI=1S/C14H10Cl2N2O2/c1-2-17-12-4-3-8(15)5-10(12)11-6-9(16)7-13(14(11)17)18(19)20/h3-7H,2H2,1H3. The van der Waals surface area contributed by atoms with Crippen LogP contribution in [0, 0.1) is 10.1 Å². The van der Waals surface area contributed by atoms with Crippen LogP contribution in [0.2, 0.25) is 10.0 Å². The van der Waals surface area contributed by atoms with Gasteiger partial charge in [-0.25, -0.2) is 0 Å². The molecule has 0 radical (unpaired) electrons. The first-order chi connectivity index (χ1) is 9.52. The van der Waals surface area contributed by atoms with E-state index in [1.54, 1.807) is 12.1 Å². The zero-order valence-electron chi connectivity index (χ0n) is 10.6. The minimum Gasteiger partial charge on any atom is -0.335 e. The zero-order valence-corrected chi connectivity index (χ0v) is 12.1. The van der Waals surface area contributed by atoms with Crippen molar-refractivity contribution in [3.8, 4) is 0 Å². The predicted molar refractivity (Wildman–Crippen MR) is 81.8 cm³/mol. The first kappa shape index (κ1) is 13.2. The van der Waals surface area contributed by atoms with E-state index < -0.39 is 4.92 Å². The number of hydrogen-bond donors (Lipinski definition) is 0. The summed E-state index contributed by atoms with van der Waals surface area (Å²) >= 11 is 12.1. The summed E-state index contributed by atoms with van der Waals surface area (Å²) in [7, 11) is 0. The lowest BCUT2D eigenvalue weighted by Gasteiger charge is -2.03. The maximum absolute atomic E-state index is 11.3. The maximum Gasteiger partial charge on any atom is 0.295 e. The summed E-state index contributed by atoms with van der Waals surface area (Å²) in [6.07, 6.45) is 0. The second kappa shape index (κ2) is 4.65. The summed E-state index contributed by atoms with van der Waals surface area (Å²) in [4.78, 5) is 10.9. The molecular formula is C14H10Cl2N2O2. The molecule has 1 heterocycles. The Labute approximate surface area is 124 Å². The normalized spacial score (nSPS) is 11.3. The number of halogens is 2. The Balaban J connectivity index is 2.61. The number of nitro groups is 1. The van der Waals surface area contributed by atoms with Crippen LogP contribution in [0.4, 0.5) is 5.69 Å². The Hall–Kier alpha value is -1.78. The van der Waals surface area contributed by atoms with Crippen molar-refractivity contribution in [1.82, 2.24) is 4.57 Å². The Kier molecular flexibility index (Phi) is 3.07. The van der Waals surface area contributed by atoms with E-state index in [1.807, 2.05) is 23.6 Å². The van der Waals surface area contributed by atoms with E-state index in [-0.39, 0.29) is 5.69 Å². The lowest BCUT2D eigenvalue weighted by atomic mass is 10.1. The highest BCUT2D eigenvalue weighted by Gasteiger charge is 2.21. The summed E-state index contributed by atoms with van der Waals surface area (Å²) in [5.41, 5.74) is 1.51. The van der Waals surface area contributed by atoms with Crippen molar-refractivity contribution >= 4 is 50.7 Å². The van der Waals surface area contributed by atoms with Crippen LogP contribution >= 0.6 is 23.2 Å². The van der Waals surface area contributed by atoms with E-state index in [9.17, 15) is 10.1 Å². The summed E-state index contributed by atoms with van der Waals surface area (Å²) in [6, 6.07) is 8.60. The Morgan fingerprint density at radius 3 is 2.50 bits per heavy atom. The number of nitrogens with zero attached hydrogens (tertiary/aromatic N) is 2. The van der Waals surface area contributed by atoms with Gasteiger partial charge in [-0.3, -0.25) is 10.1 Å². The van der Waals surface area contributed by atoms with Crippen LogP contribution < -0.4 is 0 Å². The van der Waals surface area contributed by atoms with Gasteiger partial charge in [-0.1, -0.05) is 23.2 Å². The van der Waals surface area contributed by atoms with Crippen LogP contribution in [0.3, 0.4) is 0 Å². The van der Waals surface area contributed by atoms with Gasteiger partial charge in [0.05, 0.1) is 4.92 Å². The number of fused-ring (bicyclic) bond motifs is 3. The second-order valence-corrected chi connectivity index (χ2v) is 5.36. The highest BCUT2D eigenvalue weighted by molar-refractivity contribution is 6.33. The van der Waals surface area contributed by atoms with Gasteiger partial charge in [-0.2, -0.15) is 0 Å². The van der Waals surface area contributed by atoms with Gasteiger partial charge in [0.15, 0.2) is 0 Å². The molecule has 0 saturated carbocycles. The minimum atomic E-state index is -0.402. The fraction of sp³-hybridized carbons (Fsp3) is 0.143. The van der Waals surface area contributed by atoms with Crippen molar-refractivity contribution in [2.24, 2.45) is 0 Å². The van der Waals surface area contributed by atoms with Gasteiger partial charge in [0.2, 0.25) is 0 Å². The summed E-state index contributed by atoms with van der Waals surface area (Å²) in [5, 5.41) is 13.9. The molecule has 3 rings (SSSR count). The smallest absolute Gasteiger partial charge is 0.295 e. The quantitative estimate of drug-likeness (QED) is 0.492. The molecule has 0 N–H and O–H groups in total. The van der Waals surface area contributed by atoms with E-state index in [1.165, 1.54) is 6.07 Å². The molecule has 0 bridgehead atoms. The largest absolute Gasteiger partial charge is 0.335 e. The molecule has 0 saturated heterocycles. The number of hydrogen-bond acceptors (Lipinski definition) is 2. The first-order valence-electron chi connectivity index (χ1n) is 6.08. The summed E-state index contributed by atoms with van der Waals surface area (Å²) in [6.45, 7) is 2.58. The molecule has 0 aliphatic heterocycles. The number of non-ortho nitro benzene ring substituents is 1. The van der Waals surface area contributed by atoms with Crippen LogP contribution in [0.1, 0.15) is 6.92 Å². The average Bonchev–Trinajstić information content (AvgIpc) is 2.70. The number of benzene rings is 2. The van der Waals surface area contributed by atoms with Crippen molar-refractivity contribution < 1.29 is 4.92 Å². The third-order valence-electron chi connectivity index (χ3n) is 3.38. The SMILES string of the molecule is CCn1c2ccc(Cl)cc2c2cc(Cl)cc([N+](=O)[O-])c21. The molecule has 102 valence electrons. The minimum absolute atomic E-state index is 0.0154. The fourth-order valence-electron chi connectivity index (χ4n) is 2.62. The third kappa shape index (κ3) is 1.84. The lowest BCUT2D eigenvalue weighted by molar-refractivity contribution is -0.383. The van der Waals surface area contributed by atoms with Crippen molar-refractivity contribution in [3.05, 3.63) is 50.5 Å². The molecule has 0 aliphatic rings. The Bertz CT molecular complexity index is 855. The topological polar surface area (TPSA) is 48.1 Å². The number of nitro benzene ring substituents is 1. The number of aryl methyl sites for hydroxylation is 1. The molecule has 0 fully saturated rings. The zero-order chi connectivity index (χ0) is 14.4. The maximum atomic E-state index is 11.3. The van der Waals surface area contributed by atoms with E-state index in [0.29, 0.717) is 22.1 Å². The van der Waals surface area contributed by atoms with Crippen molar-refractivity contribution in [3.63, 3.8) is 0 Å². The van der Waals surface area contributed by atoms with Crippen LogP contribution in [0.5, 0.6) is 0 Å². The van der Waals surface area contributed by atoms with Gasteiger partial charge in [0, 0.05) is 38.9 Å². The molecular weight excluding hydrogens is 299 g/mol. The summed E-state index contributed by atoms with van der Waals surface area (Å²) in [5.74, 6) is 0. The molecule has 0 unspecified atom stereocenters. The molecule has 0 amide bonds. The van der Waals surface area contributed by atoms with Crippen molar-refractivity contribution in [1.29, 1.82) is 0 Å². The van der Waals surface area contributed by atoms with Gasteiger partial charge in [0.25, 0.3) is 5.69 Å². The Morgan fingerprint density at radius 1 is 1.15 bits per heavy atom. The molecule has 3 aromatic rings. The molecule has 4 nitrogen and oxygen atoms in total. The van der Waals surface area contributed by atoms with Crippen molar-refractivity contribution in [2.45, 2.75) is 13.5 Å². The predicted octanol–water partition coefficient (Wildman–Crippen LogP) is 5.03. The molecule has 6 heteroatoms. The highest BCUT2D eigenvalue weighted by Crippen LogP contribution is 2.38. The second-order valence-electron chi connectivity index (χ2n) is 4.48. The van der Waals surface area contributed by atoms with Gasteiger partial charge in [-0.15, -0.1) is 0 Å². The van der Waals surface area contributed by atoms with Crippen LogP contribution in [-0.2, 0) is 6.54 Å². The number of aromatic nitrogens is 1. The van der Waals surface area contributed by atoms with Gasteiger partial charge < -0.3 is 4.57 Å². The number of rotatable bonds is 2. The molecule has 2 aromatic carbocycles. The van der Waals surface area contributed by atoms with Gasteiger partial charge in [-0.05, 0) is 31.2 Å². The highest BCUT2D eigenvalue weighted by atomic mass is 35.5. The van der Waals surface area contributed by atoms with E-state index in [4.69, 9.17) is 23.2 Å². The first-order valence-corrected chi connectivity index (χ1v) is 6.84. The summed E-state index contributed by atoms with van der Waals surface area (Å²) < 4.78 is 1.91. The average molecular weight is 309 g/mol. The molecule has 20 heavy (non-hydrogen) atoms. The lowest BCUT2D eigenvalue weighted by Crippen LogP contribution is -1.97. The molecule has 0 aliphatic carbocycles. The van der Waals surface area contributed by atoms with Crippen LogP contribution in [0.25, 0.3) is 21.8 Å². The fourth-order valence-corrected chi connectivity index (χ4v) is 3.01. The van der Waals surface area contributed by atoms with E-state index >= 15 is 0 Å². The van der Waals surface area contributed by atoms with Crippen LogP contribution in [0.15, 0.2) is 30.3 Å². The van der Waals surface area contributed by atoms with Crippen molar-refractivity contribution in [2.75, 3.05) is 0 Å². The monoisotopic (exact) mass is 308 g/mol. The van der Waals surface area contributed by atoms with Gasteiger partial charge >= 0.3 is 0 Å².